The van der Waals surface area contributed by atoms with Crippen LogP contribution in [0, 0.1) is 0 Å². The Morgan fingerprint density at radius 3 is 1.61 bits per heavy atom. The van der Waals surface area contributed by atoms with Crippen LogP contribution in [0.2, 0.25) is 0 Å². The Kier molecular flexibility index (Phi) is 6.20. The second-order valence-electron chi connectivity index (χ2n) is 9.58. The predicted molar refractivity (Wildman–Crippen MR) is 108 cm³/mol. The second-order valence-corrected chi connectivity index (χ2v) is 9.58. The summed E-state index contributed by atoms with van der Waals surface area (Å²) in [6.45, 7) is 13.5. The number of aromatic nitrogens is 9. The molecule has 12 nitrogen and oxygen atoms in total. The molecule has 12 heteroatoms. The Morgan fingerprint density at radius 1 is 0.806 bits per heavy atom. The third-order valence-electron chi connectivity index (χ3n) is 4.49. The van der Waals surface area contributed by atoms with Gasteiger partial charge < -0.3 is 9.90 Å². The lowest BCUT2D eigenvalue weighted by atomic mass is 10.1. The summed E-state index contributed by atoms with van der Waals surface area (Å²) in [5, 5.41) is 35.8. The van der Waals surface area contributed by atoms with Gasteiger partial charge in [0.15, 0.2) is 0 Å². The normalized spacial score (nSPS) is 12.6. The minimum atomic E-state index is -1.22. The topological polar surface area (TPSA) is 136 Å². The molecule has 0 unspecified atom stereocenters. The number of carboxylic acids is 1. The zero-order valence-electron chi connectivity index (χ0n) is 18.8. The monoisotopic (exact) mass is 429 g/mol. The molecule has 0 amide bonds. The molecule has 0 atom stereocenters. The van der Waals surface area contributed by atoms with Gasteiger partial charge in [-0.25, -0.2) is 14.0 Å². The lowest BCUT2D eigenvalue weighted by molar-refractivity contribution is -0.306. The Labute approximate surface area is 180 Å². The van der Waals surface area contributed by atoms with E-state index in [1.54, 1.807) is 6.20 Å². The molecule has 3 aromatic rings. The lowest BCUT2D eigenvalue weighted by Gasteiger charge is -2.20. The number of nitrogens with zero attached hydrogens (tertiary/aromatic N) is 10. The molecule has 0 aliphatic rings. The Bertz CT molecular complexity index is 967. The van der Waals surface area contributed by atoms with Gasteiger partial charge in [-0.3, -0.25) is 4.90 Å². The first-order chi connectivity index (χ1) is 14.4. The van der Waals surface area contributed by atoms with Gasteiger partial charge in [-0.2, -0.15) is 0 Å². The average Bonchev–Trinajstić information content (AvgIpc) is 3.34. The first-order valence-electron chi connectivity index (χ1n) is 10.0. The summed E-state index contributed by atoms with van der Waals surface area (Å²) >= 11 is 0. The van der Waals surface area contributed by atoms with Crippen LogP contribution in [0.1, 0.15) is 58.6 Å². The number of hydrogen-bond acceptors (Lipinski definition) is 9. The zero-order chi connectivity index (χ0) is 22.8. The Morgan fingerprint density at radius 2 is 1.23 bits per heavy atom. The molecular weight excluding hydrogens is 400 g/mol. The fourth-order valence-corrected chi connectivity index (χ4v) is 2.87. The van der Waals surface area contributed by atoms with Crippen LogP contribution in [-0.2, 0) is 42.1 Å². The fourth-order valence-electron chi connectivity index (χ4n) is 2.87. The molecule has 0 bridgehead atoms. The average molecular weight is 430 g/mol. The van der Waals surface area contributed by atoms with Gasteiger partial charge in [0.2, 0.25) is 0 Å². The minimum Gasteiger partial charge on any atom is -0.548 e. The molecule has 3 aromatic heterocycles. The second kappa shape index (κ2) is 8.53. The summed E-state index contributed by atoms with van der Waals surface area (Å²) in [5.74, 6) is -1.22. The van der Waals surface area contributed by atoms with E-state index in [0.29, 0.717) is 25.3 Å². The first-order valence-corrected chi connectivity index (χ1v) is 10.0. The van der Waals surface area contributed by atoms with Crippen LogP contribution in [0.15, 0.2) is 18.6 Å². The highest BCUT2D eigenvalue weighted by Crippen LogP contribution is 2.16. The van der Waals surface area contributed by atoms with Crippen molar-refractivity contribution in [3.8, 4) is 0 Å². The largest absolute Gasteiger partial charge is 0.548 e. The summed E-state index contributed by atoms with van der Waals surface area (Å²) in [6, 6.07) is 0. The van der Waals surface area contributed by atoms with E-state index in [1.807, 2.05) is 21.8 Å². The maximum Gasteiger partial charge on any atom is 0.0967 e. The van der Waals surface area contributed by atoms with E-state index in [9.17, 15) is 9.90 Å². The summed E-state index contributed by atoms with van der Waals surface area (Å²) in [6.07, 6.45) is 5.44. The van der Waals surface area contributed by atoms with E-state index in [2.05, 4.69) is 77.4 Å². The van der Waals surface area contributed by atoms with Crippen molar-refractivity contribution >= 4 is 5.97 Å². The molecule has 0 aromatic carbocycles. The molecular formula is C19H29N10O2-. The van der Waals surface area contributed by atoms with Crippen molar-refractivity contribution < 1.29 is 9.90 Å². The lowest BCUT2D eigenvalue weighted by Crippen LogP contribution is -2.27. The van der Waals surface area contributed by atoms with Crippen molar-refractivity contribution in [1.82, 2.24) is 49.9 Å². The number of rotatable bonds is 8. The smallest absolute Gasteiger partial charge is 0.0967 e. The van der Waals surface area contributed by atoms with E-state index < -0.39 is 5.97 Å². The molecule has 0 fully saturated rings. The summed E-state index contributed by atoms with van der Waals surface area (Å²) in [7, 11) is 0. The summed E-state index contributed by atoms with van der Waals surface area (Å²) in [5.41, 5.74) is 1.91. The van der Waals surface area contributed by atoms with Crippen molar-refractivity contribution in [1.29, 1.82) is 0 Å². The van der Waals surface area contributed by atoms with Crippen LogP contribution < -0.4 is 5.11 Å². The minimum absolute atomic E-state index is 0.168. The van der Waals surface area contributed by atoms with E-state index >= 15 is 0 Å². The molecule has 31 heavy (non-hydrogen) atoms. The molecule has 0 saturated heterocycles. The molecule has 0 spiro atoms. The van der Waals surface area contributed by atoms with Crippen LogP contribution in [0.5, 0.6) is 0 Å². The SMILES string of the molecule is CC(C)(C)n1cc(CN(Cc2cn(CC(=O)[O-])nn2)Cc2cn(C(C)(C)C)nn2)nn1. The third-order valence-corrected chi connectivity index (χ3v) is 4.49. The van der Waals surface area contributed by atoms with Crippen molar-refractivity contribution in [3.63, 3.8) is 0 Å². The number of carbonyl (C=O) groups is 1. The van der Waals surface area contributed by atoms with E-state index in [4.69, 9.17) is 0 Å². The number of hydrogen-bond donors (Lipinski definition) is 0. The Hall–Kier alpha value is -3.15. The number of carbonyl (C=O) groups excluding carboxylic acids is 1. The van der Waals surface area contributed by atoms with Gasteiger partial charge in [0.1, 0.15) is 0 Å². The number of carboxylic acid groups (broad SMARTS) is 1. The Balaban J connectivity index is 1.79. The van der Waals surface area contributed by atoms with Crippen LogP contribution in [-0.4, -0.2) is 55.9 Å². The van der Waals surface area contributed by atoms with Crippen LogP contribution in [0.4, 0.5) is 0 Å². The first kappa shape index (κ1) is 22.5. The van der Waals surface area contributed by atoms with Gasteiger partial charge in [-0.1, -0.05) is 15.6 Å². The van der Waals surface area contributed by atoms with E-state index in [0.717, 1.165) is 11.4 Å². The van der Waals surface area contributed by atoms with E-state index in [-0.39, 0.29) is 17.6 Å². The van der Waals surface area contributed by atoms with Gasteiger partial charge in [0.25, 0.3) is 0 Å². The summed E-state index contributed by atoms with van der Waals surface area (Å²) < 4.78 is 4.90. The van der Waals surface area contributed by atoms with Gasteiger partial charge in [-0.15, -0.1) is 15.3 Å². The highest BCUT2D eigenvalue weighted by Gasteiger charge is 2.20. The molecule has 0 saturated carbocycles. The molecule has 0 radical (unpaired) electrons. The van der Waals surface area contributed by atoms with Crippen molar-refractivity contribution in [2.24, 2.45) is 0 Å². The molecule has 0 aliphatic heterocycles. The third kappa shape index (κ3) is 6.17. The highest BCUT2D eigenvalue weighted by molar-refractivity contribution is 5.63. The van der Waals surface area contributed by atoms with Gasteiger partial charge in [0, 0.05) is 19.6 Å². The molecule has 168 valence electrons. The maximum absolute atomic E-state index is 10.8. The van der Waals surface area contributed by atoms with E-state index in [1.165, 1.54) is 4.68 Å². The number of aliphatic carboxylic acids is 1. The highest BCUT2D eigenvalue weighted by atomic mass is 16.4. The zero-order valence-corrected chi connectivity index (χ0v) is 18.8. The van der Waals surface area contributed by atoms with Crippen molar-refractivity contribution in [3.05, 3.63) is 35.7 Å². The van der Waals surface area contributed by atoms with Gasteiger partial charge in [-0.05, 0) is 41.5 Å². The van der Waals surface area contributed by atoms with Crippen LogP contribution in [0.25, 0.3) is 0 Å². The van der Waals surface area contributed by atoms with Gasteiger partial charge >= 0.3 is 0 Å². The van der Waals surface area contributed by atoms with Crippen molar-refractivity contribution in [2.45, 2.75) is 78.8 Å². The molecule has 3 heterocycles. The molecule has 0 aliphatic carbocycles. The van der Waals surface area contributed by atoms with Crippen molar-refractivity contribution in [2.75, 3.05) is 0 Å². The van der Waals surface area contributed by atoms with Crippen LogP contribution in [0.3, 0.4) is 0 Å². The fraction of sp³-hybridized carbons (Fsp3) is 0.632. The molecule has 0 N–H and O–H groups in total. The maximum atomic E-state index is 10.8. The standard InChI is InChI=1S/C19H30N10O2/c1-18(2,3)28-11-15(21-24-28)8-26(7-14-10-27(23-20-14)13-17(30)31)9-16-12-29(25-22-16)19(4,5)6/h10-12H,7-9,13H2,1-6H3,(H,30,31)/p-1. The van der Waals surface area contributed by atoms with Crippen LogP contribution >= 0.6 is 0 Å². The predicted octanol–water partition coefficient (Wildman–Crippen LogP) is -0.0766. The summed E-state index contributed by atoms with van der Waals surface area (Å²) in [4.78, 5) is 12.9. The quantitative estimate of drug-likeness (QED) is 0.482. The van der Waals surface area contributed by atoms with Gasteiger partial charge in [0.05, 0.1) is 59.3 Å². The molecule has 3 rings (SSSR count).